The minimum absolute atomic E-state index is 0.809. The summed E-state index contributed by atoms with van der Waals surface area (Å²) in [4.78, 5) is 0. The quantitative estimate of drug-likeness (QED) is 0.180. The summed E-state index contributed by atoms with van der Waals surface area (Å²) >= 11 is 0. The van der Waals surface area contributed by atoms with Crippen molar-refractivity contribution < 1.29 is 13.3 Å². The highest BCUT2D eigenvalue weighted by Gasteiger charge is 2.24. The summed E-state index contributed by atoms with van der Waals surface area (Å²) in [6.45, 7) is 0. The maximum atomic E-state index is 7.03. The summed E-state index contributed by atoms with van der Waals surface area (Å²) in [5.41, 5.74) is 13.8. The Balaban J connectivity index is 1.10. The Morgan fingerprint density at radius 1 is 0.288 bits per heavy atom. The van der Waals surface area contributed by atoms with E-state index in [4.69, 9.17) is 13.3 Å². The van der Waals surface area contributed by atoms with Crippen molar-refractivity contribution in [1.82, 2.24) is 9.13 Å². The van der Waals surface area contributed by atoms with Crippen LogP contribution in [0.1, 0.15) is 0 Å². The largest absolute Gasteiger partial charge is 0.456 e. The molecule has 0 saturated carbocycles. The van der Waals surface area contributed by atoms with Crippen molar-refractivity contribution in [2.75, 3.05) is 0 Å². The number of hydrogen-bond acceptors (Lipinski definition) is 3. The van der Waals surface area contributed by atoms with Crippen molar-refractivity contribution in [2.45, 2.75) is 0 Å². The van der Waals surface area contributed by atoms with Crippen LogP contribution in [0.25, 0.3) is 132 Å². The average Bonchev–Trinajstić information content (AvgIpc) is 4.10. The van der Waals surface area contributed by atoms with E-state index in [0.29, 0.717) is 0 Å². The molecule has 0 fully saturated rings. The second-order valence-corrected chi connectivity index (χ2v) is 15.6. The number of para-hydroxylation sites is 5. The standard InChI is InChI=1S/C54H30N2O3/c1-6-16-43-34(11-1)35-12-2-7-17-44(35)55(43)32-22-25-49-41(28-32)52-51(58-49)30-39(31-21-24-48-40(27-31)38-15-5-10-20-47(38)57-48)54-53(52)42-29-33(23-26-50(42)59-54)56-45-18-8-3-13-36(45)37-14-4-9-19-46(37)56/h1-30H. The number of rotatable bonds is 3. The molecule has 5 heterocycles. The van der Waals surface area contributed by atoms with Crippen molar-refractivity contribution in [1.29, 1.82) is 0 Å². The second-order valence-electron chi connectivity index (χ2n) is 15.6. The van der Waals surface area contributed by atoms with Gasteiger partial charge in [-0.2, -0.15) is 0 Å². The highest BCUT2D eigenvalue weighted by Crippen LogP contribution is 2.47. The summed E-state index contributed by atoms with van der Waals surface area (Å²) in [5, 5.41) is 11.2. The fourth-order valence-electron chi connectivity index (χ4n) is 9.97. The predicted molar refractivity (Wildman–Crippen MR) is 242 cm³/mol. The zero-order valence-corrected chi connectivity index (χ0v) is 31.4. The number of nitrogens with zero attached hydrogens (tertiary/aromatic N) is 2. The first-order valence-corrected chi connectivity index (χ1v) is 20.0. The topological polar surface area (TPSA) is 49.3 Å². The van der Waals surface area contributed by atoms with Gasteiger partial charge in [0.25, 0.3) is 0 Å². The molecule has 0 aliphatic rings. The highest BCUT2D eigenvalue weighted by molar-refractivity contribution is 6.29. The molecule has 5 heteroatoms. The Labute approximate surface area is 335 Å². The van der Waals surface area contributed by atoms with E-state index in [-0.39, 0.29) is 0 Å². The van der Waals surface area contributed by atoms with Crippen LogP contribution in [-0.4, -0.2) is 9.13 Å². The van der Waals surface area contributed by atoms with Gasteiger partial charge in [0.05, 0.1) is 22.1 Å². The van der Waals surface area contributed by atoms with Crippen molar-refractivity contribution in [3.8, 4) is 22.5 Å². The van der Waals surface area contributed by atoms with E-state index in [1.807, 2.05) is 12.1 Å². The molecule has 0 spiro atoms. The van der Waals surface area contributed by atoms with Crippen LogP contribution in [0.3, 0.4) is 0 Å². The van der Waals surface area contributed by atoms with Crippen LogP contribution in [0.2, 0.25) is 0 Å². The second kappa shape index (κ2) is 11.3. The Kier molecular flexibility index (Phi) is 5.96. The van der Waals surface area contributed by atoms with Crippen molar-refractivity contribution in [2.24, 2.45) is 0 Å². The van der Waals surface area contributed by atoms with Gasteiger partial charge in [-0.25, -0.2) is 0 Å². The van der Waals surface area contributed by atoms with E-state index in [0.717, 1.165) is 99.4 Å². The van der Waals surface area contributed by atoms with Crippen LogP contribution >= 0.6 is 0 Å². The Hall–Kier alpha value is -8.02. The molecule has 0 saturated heterocycles. The van der Waals surface area contributed by atoms with Crippen LogP contribution in [0, 0.1) is 0 Å². The molecule has 274 valence electrons. The van der Waals surface area contributed by atoms with Crippen molar-refractivity contribution >= 4 is 109 Å². The molecular formula is C54H30N2O3. The number of hydrogen-bond donors (Lipinski definition) is 0. The molecule has 5 nitrogen and oxygen atoms in total. The molecule has 0 atom stereocenters. The lowest BCUT2D eigenvalue weighted by atomic mass is 9.97. The van der Waals surface area contributed by atoms with Gasteiger partial charge in [0.2, 0.25) is 0 Å². The minimum atomic E-state index is 0.809. The third-order valence-electron chi connectivity index (χ3n) is 12.5. The molecule has 0 aliphatic carbocycles. The van der Waals surface area contributed by atoms with Crippen LogP contribution in [-0.2, 0) is 0 Å². The lowest BCUT2D eigenvalue weighted by Gasteiger charge is -2.09. The van der Waals surface area contributed by atoms with Crippen LogP contribution < -0.4 is 0 Å². The maximum Gasteiger partial charge on any atom is 0.144 e. The van der Waals surface area contributed by atoms with Gasteiger partial charge in [-0.3, -0.25) is 0 Å². The van der Waals surface area contributed by atoms with E-state index >= 15 is 0 Å². The molecule has 14 rings (SSSR count). The number of benzene rings is 9. The van der Waals surface area contributed by atoms with E-state index in [1.54, 1.807) is 0 Å². The van der Waals surface area contributed by atoms with E-state index in [2.05, 4.69) is 179 Å². The van der Waals surface area contributed by atoms with Crippen molar-refractivity contribution in [3.05, 3.63) is 182 Å². The fraction of sp³-hybridized carbons (Fsp3) is 0. The summed E-state index contributed by atoms with van der Waals surface area (Å²) in [5.74, 6) is 0. The number of furan rings is 3. The zero-order chi connectivity index (χ0) is 38.3. The molecule has 0 amide bonds. The van der Waals surface area contributed by atoms with Crippen LogP contribution in [0.4, 0.5) is 0 Å². The normalized spacial score (nSPS) is 12.4. The monoisotopic (exact) mass is 754 g/mol. The fourth-order valence-corrected chi connectivity index (χ4v) is 9.97. The molecule has 5 aromatic heterocycles. The molecule has 0 radical (unpaired) electrons. The first-order chi connectivity index (χ1) is 29.2. The summed E-state index contributed by atoms with van der Waals surface area (Å²) in [6.07, 6.45) is 0. The van der Waals surface area contributed by atoms with Gasteiger partial charge >= 0.3 is 0 Å². The summed E-state index contributed by atoms with van der Waals surface area (Å²) in [6, 6.07) is 64.6. The molecule has 0 bridgehead atoms. The van der Waals surface area contributed by atoms with E-state index in [9.17, 15) is 0 Å². The molecular weight excluding hydrogens is 725 g/mol. The van der Waals surface area contributed by atoms with E-state index < -0.39 is 0 Å². The molecule has 0 N–H and O–H groups in total. The van der Waals surface area contributed by atoms with Gasteiger partial charge in [0, 0.05) is 70.8 Å². The molecule has 0 aliphatic heterocycles. The van der Waals surface area contributed by atoms with Crippen LogP contribution in [0.5, 0.6) is 0 Å². The maximum absolute atomic E-state index is 7.03. The van der Waals surface area contributed by atoms with Gasteiger partial charge in [0.1, 0.15) is 33.5 Å². The van der Waals surface area contributed by atoms with Gasteiger partial charge in [0.15, 0.2) is 0 Å². The minimum Gasteiger partial charge on any atom is -0.456 e. The summed E-state index contributed by atoms with van der Waals surface area (Å²) < 4.78 is 24.9. The number of aromatic nitrogens is 2. The molecule has 0 unspecified atom stereocenters. The van der Waals surface area contributed by atoms with Crippen LogP contribution in [0.15, 0.2) is 195 Å². The smallest absolute Gasteiger partial charge is 0.144 e. The first kappa shape index (κ1) is 31.1. The molecule has 14 aromatic rings. The van der Waals surface area contributed by atoms with Crippen molar-refractivity contribution in [3.63, 3.8) is 0 Å². The lowest BCUT2D eigenvalue weighted by Crippen LogP contribution is -1.93. The summed E-state index contributed by atoms with van der Waals surface area (Å²) in [7, 11) is 0. The van der Waals surface area contributed by atoms with Gasteiger partial charge in [-0.15, -0.1) is 0 Å². The number of fused-ring (bicyclic) bond motifs is 16. The predicted octanol–water partition coefficient (Wildman–Crippen LogP) is 15.2. The zero-order valence-electron chi connectivity index (χ0n) is 31.4. The Bertz CT molecular complexity index is 3990. The lowest BCUT2D eigenvalue weighted by molar-refractivity contribution is 0.663. The highest BCUT2D eigenvalue weighted by atomic mass is 16.3. The van der Waals surface area contributed by atoms with E-state index in [1.165, 1.54) is 32.6 Å². The molecule has 59 heavy (non-hydrogen) atoms. The Morgan fingerprint density at radius 2 is 0.729 bits per heavy atom. The average molecular weight is 755 g/mol. The van der Waals surface area contributed by atoms with Gasteiger partial charge in [-0.1, -0.05) is 97.1 Å². The molecule has 9 aromatic carbocycles. The third-order valence-corrected chi connectivity index (χ3v) is 12.5. The van der Waals surface area contributed by atoms with Gasteiger partial charge in [-0.05, 0) is 90.5 Å². The third kappa shape index (κ3) is 4.18. The first-order valence-electron chi connectivity index (χ1n) is 20.0. The SMILES string of the molecule is c1ccc2c(c1)oc1ccc(-c3cc4oc5ccc(-n6c7ccccc7c7ccccc76)cc5c4c4c3oc3ccc(-n5c6ccccc6c6ccccc65)cc34)cc12. The van der Waals surface area contributed by atoms with Gasteiger partial charge < -0.3 is 22.4 Å². The Morgan fingerprint density at radius 3 is 1.32 bits per heavy atom.